The first-order valence-corrected chi connectivity index (χ1v) is 31.5. The number of nitrogens with zero attached hydrogens (tertiary/aromatic N) is 1. The van der Waals surface area contributed by atoms with Crippen LogP contribution in [0.5, 0.6) is 0 Å². The number of hydrogen-bond donors (Lipinski definition) is 2. The molecule has 10 heteroatoms. The Hall–Kier alpha value is -2.03. The van der Waals surface area contributed by atoms with Gasteiger partial charge in [0.05, 0.1) is 33.8 Å². The van der Waals surface area contributed by atoms with Crippen LogP contribution in [-0.4, -0.2) is 74.3 Å². The second-order valence-corrected chi connectivity index (χ2v) is 23.0. The van der Waals surface area contributed by atoms with E-state index in [9.17, 15) is 19.0 Å². The fourth-order valence-electron chi connectivity index (χ4n) is 8.55. The van der Waals surface area contributed by atoms with E-state index in [0.29, 0.717) is 17.4 Å². The van der Waals surface area contributed by atoms with E-state index < -0.39 is 20.0 Å². The average Bonchev–Trinajstić information content (AvgIpc) is 3.33. The molecule has 0 aliphatic rings. The van der Waals surface area contributed by atoms with Crippen molar-refractivity contribution in [2.24, 2.45) is 0 Å². The Kier molecular flexibility index (Phi) is 50.0. The number of phosphoric acid groups is 1. The number of allylic oxidation sites excluding steroid dienone is 7. The molecule has 9 nitrogen and oxygen atoms in total. The van der Waals surface area contributed by atoms with Gasteiger partial charge in [-0.3, -0.25) is 18.6 Å². The van der Waals surface area contributed by atoms with E-state index in [1.54, 1.807) is 0 Å². The molecule has 416 valence electrons. The van der Waals surface area contributed by atoms with Gasteiger partial charge in [-0.2, -0.15) is 0 Å². The largest absolute Gasteiger partial charge is 0.472 e. The van der Waals surface area contributed by atoms with Crippen molar-refractivity contribution in [1.29, 1.82) is 0 Å². The predicted octanol–water partition coefficient (Wildman–Crippen LogP) is 18.1. The summed E-state index contributed by atoms with van der Waals surface area (Å²) in [6.07, 6.45) is 62.3. The molecule has 0 fully saturated rings. The number of quaternary nitrogens is 1. The number of phosphoric ester groups is 1. The predicted molar refractivity (Wildman–Crippen MR) is 305 cm³/mol. The Morgan fingerprint density at radius 1 is 0.493 bits per heavy atom. The average molecular weight is 1020 g/mol. The van der Waals surface area contributed by atoms with E-state index >= 15 is 0 Å². The summed E-state index contributed by atoms with van der Waals surface area (Å²) in [6.45, 7) is 6.98. The van der Waals surface area contributed by atoms with E-state index in [0.717, 1.165) is 89.9 Å². The molecule has 0 saturated heterocycles. The molecular formula is C61H116N2O7P+. The Morgan fingerprint density at radius 3 is 1.32 bits per heavy atom. The summed E-state index contributed by atoms with van der Waals surface area (Å²) in [5.74, 6) is -0.513. The Balaban J connectivity index is 5.35. The van der Waals surface area contributed by atoms with Crippen molar-refractivity contribution in [3.05, 3.63) is 48.6 Å². The first-order chi connectivity index (χ1) is 34.4. The molecule has 1 amide bonds. The number of carbonyl (C=O) groups excluding carboxylic acids is 2. The third kappa shape index (κ3) is 52.6. The molecule has 0 aliphatic heterocycles. The van der Waals surface area contributed by atoms with Crippen molar-refractivity contribution in [3.63, 3.8) is 0 Å². The monoisotopic (exact) mass is 1020 g/mol. The molecule has 0 aromatic carbocycles. The maximum atomic E-state index is 13.5. The molecule has 0 spiro atoms. The number of likely N-dealkylation sites (N-methyl/N-ethyl adjacent to an activating group) is 1. The summed E-state index contributed by atoms with van der Waals surface area (Å²) in [6, 6.07) is -0.852. The first-order valence-electron chi connectivity index (χ1n) is 30.0. The van der Waals surface area contributed by atoms with Crippen LogP contribution >= 0.6 is 7.82 Å². The van der Waals surface area contributed by atoms with Gasteiger partial charge in [0.2, 0.25) is 5.91 Å². The van der Waals surface area contributed by atoms with E-state index in [4.69, 9.17) is 13.8 Å². The zero-order valence-corrected chi connectivity index (χ0v) is 48.4. The fraction of sp³-hybridized carbons (Fsp3) is 0.836. The van der Waals surface area contributed by atoms with Gasteiger partial charge in [-0.15, -0.1) is 0 Å². The van der Waals surface area contributed by atoms with E-state index in [2.05, 4.69) is 62.5 Å². The molecule has 0 heterocycles. The maximum Gasteiger partial charge on any atom is 0.472 e. The van der Waals surface area contributed by atoms with Crippen LogP contribution in [0.2, 0.25) is 0 Å². The molecule has 0 aromatic rings. The van der Waals surface area contributed by atoms with Crippen LogP contribution in [0, 0.1) is 0 Å². The van der Waals surface area contributed by atoms with Crippen LogP contribution in [0.3, 0.4) is 0 Å². The van der Waals surface area contributed by atoms with Gasteiger partial charge in [-0.05, 0) is 89.5 Å². The van der Waals surface area contributed by atoms with Crippen molar-refractivity contribution in [3.8, 4) is 0 Å². The summed E-state index contributed by atoms with van der Waals surface area (Å²) >= 11 is 0. The maximum absolute atomic E-state index is 13.5. The van der Waals surface area contributed by atoms with E-state index in [-0.39, 0.29) is 31.5 Å². The van der Waals surface area contributed by atoms with Crippen LogP contribution in [0.25, 0.3) is 0 Å². The van der Waals surface area contributed by atoms with Gasteiger partial charge in [-0.25, -0.2) is 4.57 Å². The molecule has 0 aromatic heterocycles. The lowest BCUT2D eigenvalue weighted by Crippen LogP contribution is -2.47. The summed E-state index contributed by atoms with van der Waals surface area (Å²) in [7, 11) is 1.49. The molecule has 3 unspecified atom stereocenters. The topological polar surface area (TPSA) is 111 Å². The van der Waals surface area contributed by atoms with Crippen LogP contribution in [-0.2, 0) is 27.9 Å². The van der Waals surface area contributed by atoms with E-state index in [1.807, 2.05) is 33.3 Å². The Bertz CT molecular complexity index is 1360. The molecule has 0 bridgehead atoms. The van der Waals surface area contributed by atoms with Gasteiger partial charge < -0.3 is 19.4 Å². The minimum atomic E-state index is -4.45. The number of nitrogens with one attached hydrogen (secondary N) is 1. The lowest BCUT2D eigenvalue weighted by Gasteiger charge is -2.27. The van der Waals surface area contributed by atoms with Gasteiger partial charge in [0, 0.05) is 12.8 Å². The number of rotatable bonds is 54. The number of hydrogen-bond acceptors (Lipinski definition) is 6. The normalized spacial score (nSPS) is 14.1. The second-order valence-electron chi connectivity index (χ2n) is 21.5. The van der Waals surface area contributed by atoms with Crippen LogP contribution < -0.4 is 5.32 Å². The van der Waals surface area contributed by atoms with Gasteiger partial charge in [0.1, 0.15) is 19.3 Å². The zero-order valence-electron chi connectivity index (χ0n) is 47.5. The smallest absolute Gasteiger partial charge is 0.456 e. The van der Waals surface area contributed by atoms with Crippen molar-refractivity contribution >= 4 is 19.7 Å². The highest BCUT2D eigenvalue weighted by molar-refractivity contribution is 7.47. The Labute approximate surface area is 439 Å². The van der Waals surface area contributed by atoms with Crippen molar-refractivity contribution < 1.29 is 37.3 Å². The summed E-state index contributed by atoms with van der Waals surface area (Å²) in [5, 5.41) is 3.05. The fourth-order valence-corrected chi connectivity index (χ4v) is 9.29. The zero-order chi connectivity index (χ0) is 52.2. The molecule has 71 heavy (non-hydrogen) atoms. The minimum Gasteiger partial charge on any atom is -0.456 e. The summed E-state index contributed by atoms with van der Waals surface area (Å²) in [4.78, 5) is 37.6. The lowest BCUT2D eigenvalue weighted by molar-refractivity contribution is -0.870. The third-order valence-electron chi connectivity index (χ3n) is 13.2. The van der Waals surface area contributed by atoms with Crippen LogP contribution in [0.15, 0.2) is 48.6 Å². The molecule has 3 atom stereocenters. The standard InChI is InChI=1S/C61H115N2O7P/c1-7-10-13-16-19-22-25-28-30-31-33-36-39-42-45-48-51-54-61(65)70-59(52-49-46-43-40-37-34-27-24-21-18-15-12-9-3)58(57-69-71(66,67)68-56-55-63(4,5)6)62-60(64)53-50-47-44-41-38-35-32-29-26-23-20-17-14-11-8-2/h19,22-23,26,28,30,49,52,58-59H,7-18,20-21,24-25,27,29,31-48,50-51,53-57H2,1-6H3,(H-,62,64,66,67)/p+1/b22-19-,26-23-,30-28-,52-49+. The summed E-state index contributed by atoms with van der Waals surface area (Å²) < 4.78 is 30.7. The van der Waals surface area contributed by atoms with Gasteiger partial charge in [0.25, 0.3) is 0 Å². The SMILES string of the molecule is CCCCC/C=C\C/C=C\CCCCCCCCCC(=O)OC(/C=C/CCCCCCCCCCCCC)C(COP(=O)(O)OCC[N+](C)(C)C)NC(=O)CCCCCCCCC/C=C\CCCCCC. The van der Waals surface area contributed by atoms with Gasteiger partial charge in [-0.1, -0.05) is 224 Å². The number of ether oxygens (including phenoxy) is 1. The quantitative estimate of drug-likeness (QED) is 0.0205. The van der Waals surface area contributed by atoms with Gasteiger partial charge >= 0.3 is 13.8 Å². The first kappa shape index (κ1) is 69.0. The number of amides is 1. The molecule has 0 radical (unpaired) electrons. The second kappa shape index (κ2) is 51.5. The minimum absolute atomic E-state index is 0.0382. The van der Waals surface area contributed by atoms with E-state index in [1.165, 1.54) is 154 Å². The number of carbonyl (C=O) groups is 2. The van der Waals surface area contributed by atoms with Crippen LogP contribution in [0.4, 0.5) is 0 Å². The van der Waals surface area contributed by atoms with Crippen molar-refractivity contribution in [2.45, 2.75) is 290 Å². The highest BCUT2D eigenvalue weighted by Crippen LogP contribution is 2.43. The molecular weight excluding hydrogens is 904 g/mol. The van der Waals surface area contributed by atoms with Crippen molar-refractivity contribution in [1.82, 2.24) is 5.32 Å². The van der Waals surface area contributed by atoms with Crippen LogP contribution in [0.1, 0.15) is 278 Å². The third-order valence-corrected chi connectivity index (χ3v) is 14.2. The number of unbranched alkanes of at least 4 members (excludes halogenated alkanes) is 32. The molecule has 0 saturated carbocycles. The number of esters is 1. The van der Waals surface area contributed by atoms with Gasteiger partial charge in [0.15, 0.2) is 0 Å². The highest BCUT2D eigenvalue weighted by atomic mass is 31.2. The Morgan fingerprint density at radius 2 is 0.859 bits per heavy atom. The lowest BCUT2D eigenvalue weighted by atomic mass is 10.0. The highest BCUT2D eigenvalue weighted by Gasteiger charge is 2.30. The molecule has 2 N–H and O–H groups in total. The van der Waals surface area contributed by atoms with Crippen molar-refractivity contribution in [2.75, 3.05) is 40.9 Å². The summed E-state index contributed by atoms with van der Waals surface area (Å²) in [5.41, 5.74) is 0. The molecule has 0 aliphatic carbocycles. The molecule has 0 rings (SSSR count).